The highest BCUT2D eigenvalue weighted by Gasteiger charge is 2.37. The Morgan fingerprint density at radius 2 is 1.69 bits per heavy atom. The zero-order valence-corrected chi connectivity index (χ0v) is 16.5. The van der Waals surface area contributed by atoms with Gasteiger partial charge in [-0.15, -0.1) is 0 Å². The summed E-state index contributed by atoms with van der Waals surface area (Å²) in [5.74, 6) is -1.32. The predicted molar refractivity (Wildman–Crippen MR) is 112 cm³/mol. The van der Waals surface area contributed by atoms with E-state index in [1.54, 1.807) is 18.2 Å². The number of aromatic nitrogens is 1. The van der Waals surface area contributed by atoms with E-state index in [0.29, 0.717) is 5.69 Å². The Kier molecular flexibility index (Phi) is 4.54. The molecule has 29 heavy (non-hydrogen) atoms. The fraction of sp³-hybridized carbons (Fsp3) is 0.174. The molecule has 6 nitrogen and oxygen atoms in total. The molecule has 2 heterocycles. The first-order valence-electron chi connectivity index (χ1n) is 9.46. The van der Waals surface area contributed by atoms with E-state index in [2.05, 4.69) is 5.32 Å². The summed E-state index contributed by atoms with van der Waals surface area (Å²) in [5, 5.41) is 3.22. The van der Waals surface area contributed by atoms with Gasteiger partial charge in [-0.05, 0) is 43.2 Å². The molecule has 0 aliphatic carbocycles. The molecule has 4 rings (SSSR count). The lowest BCUT2D eigenvalue weighted by Gasteiger charge is -2.26. The molecule has 1 saturated heterocycles. The van der Waals surface area contributed by atoms with Gasteiger partial charge in [0.05, 0.1) is 5.69 Å². The van der Waals surface area contributed by atoms with Gasteiger partial charge >= 0.3 is 6.03 Å². The second kappa shape index (κ2) is 7.05. The number of rotatable bonds is 3. The lowest BCUT2D eigenvalue weighted by atomic mass is 10.0. The highest BCUT2D eigenvalue weighted by molar-refractivity contribution is 6.39. The van der Waals surface area contributed by atoms with E-state index in [4.69, 9.17) is 0 Å². The Morgan fingerprint density at radius 1 is 1.00 bits per heavy atom. The average Bonchev–Trinajstić information content (AvgIpc) is 2.96. The summed E-state index contributed by atoms with van der Waals surface area (Å²) in [5.41, 5.74) is 4.18. The number of aryl methyl sites for hydroxylation is 2. The Labute approximate surface area is 168 Å². The predicted octanol–water partition coefficient (Wildman–Crippen LogP) is 3.72. The van der Waals surface area contributed by atoms with Gasteiger partial charge in [-0.25, -0.2) is 9.69 Å². The molecule has 0 atom stereocenters. The van der Waals surface area contributed by atoms with Crippen LogP contribution in [0, 0.1) is 6.92 Å². The van der Waals surface area contributed by atoms with E-state index >= 15 is 0 Å². The van der Waals surface area contributed by atoms with Crippen molar-refractivity contribution in [2.24, 2.45) is 7.05 Å². The summed E-state index contributed by atoms with van der Waals surface area (Å²) in [4.78, 5) is 39.0. The van der Waals surface area contributed by atoms with Crippen LogP contribution in [0.1, 0.15) is 23.7 Å². The van der Waals surface area contributed by atoms with Crippen molar-refractivity contribution in [3.8, 4) is 0 Å². The fourth-order valence-corrected chi connectivity index (χ4v) is 3.65. The molecule has 0 radical (unpaired) electrons. The number of carbonyl (C=O) groups excluding carboxylic acids is 3. The van der Waals surface area contributed by atoms with E-state index in [1.165, 1.54) is 0 Å². The summed E-state index contributed by atoms with van der Waals surface area (Å²) >= 11 is 0. The van der Waals surface area contributed by atoms with Crippen molar-refractivity contribution in [2.45, 2.75) is 20.3 Å². The molecule has 2 aromatic carbocycles. The van der Waals surface area contributed by atoms with Gasteiger partial charge in [0.15, 0.2) is 0 Å². The van der Waals surface area contributed by atoms with Crippen molar-refractivity contribution >= 4 is 40.5 Å². The summed E-state index contributed by atoms with van der Waals surface area (Å²) in [6.07, 6.45) is 2.43. The third kappa shape index (κ3) is 3.02. The molecule has 0 bridgehead atoms. The molecular formula is C23H21N3O3. The van der Waals surface area contributed by atoms with Gasteiger partial charge in [-0.1, -0.05) is 37.3 Å². The van der Waals surface area contributed by atoms with Crippen LogP contribution in [0.25, 0.3) is 17.0 Å². The minimum absolute atomic E-state index is 0.0661. The first-order chi connectivity index (χ1) is 13.9. The zero-order chi connectivity index (χ0) is 20.7. The Bertz CT molecular complexity index is 1190. The number of carbonyl (C=O) groups is 3. The van der Waals surface area contributed by atoms with Gasteiger partial charge in [0.2, 0.25) is 0 Å². The zero-order valence-electron chi connectivity index (χ0n) is 16.5. The maximum absolute atomic E-state index is 13.1. The van der Waals surface area contributed by atoms with Crippen molar-refractivity contribution in [1.82, 2.24) is 9.88 Å². The molecule has 3 aromatic rings. The van der Waals surface area contributed by atoms with Crippen molar-refractivity contribution in [3.05, 3.63) is 70.9 Å². The van der Waals surface area contributed by atoms with Gasteiger partial charge in [0.25, 0.3) is 11.8 Å². The molecule has 1 aliphatic heterocycles. The molecule has 6 heteroatoms. The van der Waals surface area contributed by atoms with E-state index in [9.17, 15) is 14.4 Å². The number of para-hydroxylation sites is 1. The number of hydrogen-bond donors (Lipinski definition) is 1. The standard InChI is InChI=1S/C23H21N3O3/c1-4-15-9-11-16(12-10-15)26-22(28)19(21(27)24-23(26)29)13-18-14(2)25(3)20-8-6-5-7-17(18)20/h5-13H,4H2,1-3H3,(H,24,27,29). The number of nitrogens with zero attached hydrogens (tertiary/aromatic N) is 2. The van der Waals surface area contributed by atoms with Gasteiger partial charge in [-0.3, -0.25) is 14.9 Å². The molecular weight excluding hydrogens is 366 g/mol. The SMILES string of the molecule is CCc1ccc(N2C(=O)NC(=O)C(=Cc3c(C)n(C)c4ccccc34)C2=O)cc1. The van der Waals surface area contributed by atoms with Crippen LogP contribution >= 0.6 is 0 Å². The maximum atomic E-state index is 13.1. The topological polar surface area (TPSA) is 71.4 Å². The highest BCUT2D eigenvalue weighted by atomic mass is 16.2. The van der Waals surface area contributed by atoms with E-state index in [0.717, 1.165) is 39.0 Å². The smallest absolute Gasteiger partial charge is 0.335 e. The number of urea groups is 1. The number of benzene rings is 2. The van der Waals surface area contributed by atoms with Crippen LogP contribution in [0.15, 0.2) is 54.1 Å². The number of fused-ring (bicyclic) bond motifs is 1. The monoisotopic (exact) mass is 387 g/mol. The molecule has 0 spiro atoms. The molecule has 1 N–H and O–H groups in total. The summed E-state index contributed by atoms with van der Waals surface area (Å²) in [7, 11) is 1.94. The molecule has 4 amide bonds. The third-order valence-electron chi connectivity index (χ3n) is 5.44. The van der Waals surface area contributed by atoms with Crippen molar-refractivity contribution in [2.75, 3.05) is 4.90 Å². The number of imide groups is 2. The van der Waals surface area contributed by atoms with E-state index in [1.807, 2.05) is 61.9 Å². The number of anilines is 1. The minimum Gasteiger partial charge on any atom is -0.347 e. The van der Waals surface area contributed by atoms with Crippen LogP contribution in [0.5, 0.6) is 0 Å². The third-order valence-corrected chi connectivity index (χ3v) is 5.44. The number of amides is 4. The summed E-state index contributed by atoms with van der Waals surface area (Å²) < 4.78 is 2.01. The Balaban J connectivity index is 1.81. The van der Waals surface area contributed by atoms with Crippen molar-refractivity contribution < 1.29 is 14.4 Å². The molecule has 0 unspecified atom stereocenters. The molecule has 0 saturated carbocycles. The Hall–Kier alpha value is -3.67. The minimum atomic E-state index is -0.740. The van der Waals surface area contributed by atoms with Crippen LogP contribution in [0.4, 0.5) is 10.5 Å². The number of hydrogen-bond acceptors (Lipinski definition) is 3. The first kappa shape index (κ1) is 18.7. The number of barbiturate groups is 1. The lowest BCUT2D eigenvalue weighted by molar-refractivity contribution is -0.122. The largest absolute Gasteiger partial charge is 0.347 e. The maximum Gasteiger partial charge on any atom is 0.335 e. The van der Waals surface area contributed by atoms with Crippen molar-refractivity contribution in [3.63, 3.8) is 0 Å². The second-order valence-electron chi connectivity index (χ2n) is 7.05. The Morgan fingerprint density at radius 3 is 2.38 bits per heavy atom. The van der Waals surface area contributed by atoms with Gasteiger partial charge in [-0.2, -0.15) is 0 Å². The number of nitrogens with one attached hydrogen (secondary N) is 1. The lowest BCUT2D eigenvalue weighted by Crippen LogP contribution is -2.54. The molecule has 1 aliphatic rings. The molecule has 146 valence electrons. The second-order valence-corrected chi connectivity index (χ2v) is 7.05. The normalized spacial score (nSPS) is 16.0. The van der Waals surface area contributed by atoms with Crippen molar-refractivity contribution in [1.29, 1.82) is 0 Å². The summed E-state index contributed by atoms with van der Waals surface area (Å²) in [6.45, 7) is 3.96. The average molecular weight is 387 g/mol. The molecule has 1 aromatic heterocycles. The van der Waals surface area contributed by atoms with Crippen LogP contribution < -0.4 is 10.2 Å². The van der Waals surface area contributed by atoms with Gasteiger partial charge in [0, 0.05) is 29.2 Å². The van der Waals surface area contributed by atoms with Crippen LogP contribution in [0.2, 0.25) is 0 Å². The first-order valence-corrected chi connectivity index (χ1v) is 9.46. The molecule has 1 fully saturated rings. The quantitative estimate of drug-likeness (QED) is 0.550. The fourth-order valence-electron chi connectivity index (χ4n) is 3.65. The van der Waals surface area contributed by atoms with Gasteiger partial charge in [0.1, 0.15) is 5.57 Å². The van der Waals surface area contributed by atoms with E-state index in [-0.39, 0.29) is 5.57 Å². The van der Waals surface area contributed by atoms with Crippen LogP contribution in [0.3, 0.4) is 0 Å². The van der Waals surface area contributed by atoms with E-state index < -0.39 is 17.8 Å². The van der Waals surface area contributed by atoms with Crippen LogP contribution in [-0.4, -0.2) is 22.4 Å². The highest BCUT2D eigenvalue weighted by Crippen LogP contribution is 2.29. The van der Waals surface area contributed by atoms with Crippen LogP contribution in [-0.2, 0) is 23.1 Å². The van der Waals surface area contributed by atoms with Gasteiger partial charge < -0.3 is 4.57 Å². The summed E-state index contributed by atoms with van der Waals surface area (Å²) in [6, 6.07) is 14.2.